The second kappa shape index (κ2) is 8.40. The molecule has 0 spiro atoms. The molecule has 4 heteroatoms. The van der Waals surface area contributed by atoms with Crippen LogP contribution in [0, 0.1) is 19.8 Å². The zero-order valence-electron chi connectivity index (χ0n) is 18.1. The van der Waals surface area contributed by atoms with Crippen LogP contribution in [0.15, 0.2) is 42.5 Å². The molecule has 1 aliphatic rings. The van der Waals surface area contributed by atoms with Crippen LogP contribution in [0.3, 0.4) is 0 Å². The first-order chi connectivity index (χ1) is 13.7. The first-order valence-corrected chi connectivity index (χ1v) is 10.5. The summed E-state index contributed by atoms with van der Waals surface area (Å²) in [5, 5.41) is 6.16. The quantitative estimate of drug-likeness (QED) is 0.710. The number of hydrogen-bond donors (Lipinski definition) is 2. The average Bonchev–Trinajstić information content (AvgIpc) is 2.61. The normalized spacial score (nSPS) is 16.1. The van der Waals surface area contributed by atoms with E-state index in [1.54, 1.807) is 0 Å². The second-order valence-corrected chi connectivity index (χ2v) is 8.71. The van der Waals surface area contributed by atoms with Gasteiger partial charge < -0.3 is 10.6 Å². The van der Waals surface area contributed by atoms with Gasteiger partial charge in [0.1, 0.15) is 0 Å². The lowest BCUT2D eigenvalue weighted by Gasteiger charge is -2.41. The highest BCUT2D eigenvalue weighted by molar-refractivity contribution is 5.92. The molecular weight excluding hydrogens is 360 g/mol. The van der Waals surface area contributed by atoms with E-state index in [1.807, 2.05) is 45.0 Å². The van der Waals surface area contributed by atoms with E-state index in [0.29, 0.717) is 0 Å². The Morgan fingerprint density at radius 1 is 0.966 bits per heavy atom. The number of anilines is 1. The fourth-order valence-electron chi connectivity index (χ4n) is 4.06. The highest BCUT2D eigenvalue weighted by atomic mass is 16.2. The van der Waals surface area contributed by atoms with Crippen LogP contribution in [0.2, 0.25) is 0 Å². The second-order valence-electron chi connectivity index (χ2n) is 8.71. The number of carbonyl (C=O) groups is 2. The number of carbonyl (C=O) groups excluding carboxylic acids is 2. The van der Waals surface area contributed by atoms with Crippen LogP contribution < -0.4 is 10.6 Å². The lowest BCUT2D eigenvalue weighted by Crippen LogP contribution is -2.49. The van der Waals surface area contributed by atoms with Gasteiger partial charge in [0.15, 0.2) is 0 Å². The number of hydrogen-bond acceptors (Lipinski definition) is 2. The zero-order valence-corrected chi connectivity index (χ0v) is 18.1. The first kappa shape index (κ1) is 21.1. The number of aryl methyl sites for hydroxylation is 2. The standard InChI is InChI=1S/C25H32N2O2/c1-16(2)23(28)27-21-10-8-20(9-11-21)25(13-6-14-25)24(29)26-19(5)22-12-7-17(3)15-18(22)4/h7-12,15-16,19H,6,13-14H2,1-5H3,(H,26,29)(H,27,28)/t19-/m1/s1. The van der Waals surface area contributed by atoms with Gasteiger partial charge in [-0.05, 0) is 62.4 Å². The van der Waals surface area contributed by atoms with E-state index >= 15 is 0 Å². The molecule has 0 aromatic heterocycles. The van der Waals surface area contributed by atoms with Crippen LogP contribution in [0.25, 0.3) is 0 Å². The van der Waals surface area contributed by atoms with Crippen molar-refractivity contribution in [1.29, 1.82) is 0 Å². The largest absolute Gasteiger partial charge is 0.349 e. The van der Waals surface area contributed by atoms with E-state index in [1.165, 1.54) is 11.1 Å². The fraction of sp³-hybridized carbons (Fsp3) is 0.440. The third kappa shape index (κ3) is 4.36. The summed E-state index contributed by atoms with van der Waals surface area (Å²) < 4.78 is 0. The Kier molecular flexibility index (Phi) is 6.11. The molecule has 154 valence electrons. The van der Waals surface area contributed by atoms with Crippen LogP contribution in [-0.2, 0) is 15.0 Å². The summed E-state index contributed by atoms with van der Waals surface area (Å²) in [6.07, 6.45) is 2.77. The molecule has 2 aromatic carbocycles. The summed E-state index contributed by atoms with van der Waals surface area (Å²) in [6.45, 7) is 9.96. The maximum absolute atomic E-state index is 13.3. The van der Waals surface area contributed by atoms with Crippen molar-refractivity contribution < 1.29 is 9.59 Å². The molecule has 1 aliphatic carbocycles. The van der Waals surface area contributed by atoms with E-state index in [2.05, 4.69) is 42.7 Å². The van der Waals surface area contributed by atoms with Gasteiger partial charge in [0, 0.05) is 11.6 Å². The van der Waals surface area contributed by atoms with Crippen molar-refractivity contribution in [2.24, 2.45) is 5.92 Å². The van der Waals surface area contributed by atoms with Crippen molar-refractivity contribution in [3.63, 3.8) is 0 Å². The molecule has 0 heterocycles. The molecule has 0 radical (unpaired) electrons. The molecule has 0 aliphatic heterocycles. The summed E-state index contributed by atoms with van der Waals surface area (Å²) >= 11 is 0. The van der Waals surface area contributed by atoms with Crippen molar-refractivity contribution >= 4 is 17.5 Å². The maximum atomic E-state index is 13.3. The Balaban J connectivity index is 1.75. The van der Waals surface area contributed by atoms with Gasteiger partial charge in [-0.3, -0.25) is 9.59 Å². The zero-order chi connectivity index (χ0) is 21.2. The summed E-state index contributed by atoms with van der Waals surface area (Å²) in [7, 11) is 0. The van der Waals surface area contributed by atoms with E-state index in [9.17, 15) is 9.59 Å². The van der Waals surface area contributed by atoms with Gasteiger partial charge in [0.25, 0.3) is 0 Å². The third-order valence-electron chi connectivity index (χ3n) is 6.11. The maximum Gasteiger partial charge on any atom is 0.231 e. The lowest BCUT2D eigenvalue weighted by molar-refractivity contribution is -0.130. The summed E-state index contributed by atoms with van der Waals surface area (Å²) in [5.74, 6) is 0.0245. The number of nitrogens with one attached hydrogen (secondary N) is 2. The fourth-order valence-corrected chi connectivity index (χ4v) is 4.06. The van der Waals surface area contributed by atoms with Crippen LogP contribution >= 0.6 is 0 Å². The van der Waals surface area contributed by atoms with Gasteiger partial charge in [0.05, 0.1) is 11.5 Å². The Morgan fingerprint density at radius 3 is 2.14 bits per heavy atom. The van der Waals surface area contributed by atoms with Gasteiger partial charge in [-0.15, -0.1) is 0 Å². The minimum Gasteiger partial charge on any atom is -0.349 e. The van der Waals surface area contributed by atoms with E-state index < -0.39 is 5.41 Å². The Morgan fingerprint density at radius 2 is 1.62 bits per heavy atom. The van der Waals surface area contributed by atoms with Crippen LogP contribution in [0.4, 0.5) is 5.69 Å². The van der Waals surface area contributed by atoms with Crippen molar-refractivity contribution in [3.05, 3.63) is 64.7 Å². The average molecular weight is 393 g/mol. The van der Waals surface area contributed by atoms with E-state index in [4.69, 9.17) is 0 Å². The highest BCUT2D eigenvalue weighted by Crippen LogP contribution is 2.44. The Hall–Kier alpha value is -2.62. The van der Waals surface area contributed by atoms with Gasteiger partial charge in [-0.1, -0.05) is 56.2 Å². The molecule has 3 rings (SSSR count). The Bertz CT molecular complexity index is 896. The molecule has 1 fully saturated rings. The molecule has 0 bridgehead atoms. The van der Waals surface area contributed by atoms with E-state index in [0.717, 1.165) is 36.1 Å². The predicted octanol–water partition coefficient (Wildman–Crippen LogP) is 5.20. The molecule has 2 aromatic rings. The Labute approximate surface area is 174 Å². The third-order valence-corrected chi connectivity index (χ3v) is 6.11. The molecule has 0 saturated heterocycles. The SMILES string of the molecule is Cc1ccc([C@@H](C)NC(=O)C2(c3ccc(NC(=O)C(C)C)cc3)CCC2)c(C)c1. The van der Waals surface area contributed by atoms with Crippen LogP contribution in [-0.4, -0.2) is 11.8 Å². The molecule has 0 unspecified atom stereocenters. The highest BCUT2D eigenvalue weighted by Gasteiger charge is 2.45. The molecule has 1 saturated carbocycles. The minimum absolute atomic E-state index is 0.00357. The van der Waals surface area contributed by atoms with Crippen molar-refractivity contribution in [3.8, 4) is 0 Å². The summed E-state index contributed by atoms with van der Waals surface area (Å²) in [5.41, 5.74) is 4.91. The van der Waals surface area contributed by atoms with Gasteiger partial charge in [-0.25, -0.2) is 0 Å². The van der Waals surface area contributed by atoms with Crippen molar-refractivity contribution in [2.45, 2.75) is 65.3 Å². The summed E-state index contributed by atoms with van der Waals surface area (Å²) in [4.78, 5) is 25.2. The molecular formula is C25H32N2O2. The first-order valence-electron chi connectivity index (χ1n) is 10.5. The van der Waals surface area contributed by atoms with Crippen molar-refractivity contribution in [1.82, 2.24) is 5.32 Å². The minimum atomic E-state index is -0.465. The van der Waals surface area contributed by atoms with E-state index in [-0.39, 0.29) is 23.8 Å². The van der Waals surface area contributed by atoms with Crippen LogP contribution in [0.1, 0.15) is 68.3 Å². The predicted molar refractivity (Wildman–Crippen MR) is 118 cm³/mol. The molecule has 2 N–H and O–H groups in total. The van der Waals surface area contributed by atoms with Crippen LogP contribution in [0.5, 0.6) is 0 Å². The lowest BCUT2D eigenvalue weighted by atomic mass is 9.63. The smallest absolute Gasteiger partial charge is 0.231 e. The number of amides is 2. The summed E-state index contributed by atoms with van der Waals surface area (Å²) in [6, 6.07) is 14.1. The van der Waals surface area contributed by atoms with Gasteiger partial charge in [0.2, 0.25) is 11.8 Å². The number of benzene rings is 2. The topological polar surface area (TPSA) is 58.2 Å². The molecule has 4 nitrogen and oxygen atoms in total. The molecule has 2 amide bonds. The van der Waals surface area contributed by atoms with Gasteiger partial charge in [-0.2, -0.15) is 0 Å². The van der Waals surface area contributed by atoms with Crippen molar-refractivity contribution in [2.75, 3.05) is 5.32 Å². The molecule has 29 heavy (non-hydrogen) atoms. The monoisotopic (exact) mass is 392 g/mol. The number of rotatable bonds is 6. The molecule has 1 atom stereocenters. The van der Waals surface area contributed by atoms with Gasteiger partial charge >= 0.3 is 0 Å².